The van der Waals surface area contributed by atoms with Crippen molar-refractivity contribution in [3.8, 4) is 5.88 Å². The number of methoxy groups -OCH3 is 1. The van der Waals surface area contributed by atoms with Crippen molar-refractivity contribution in [2.75, 3.05) is 7.11 Å². The van der Waals surface area contributed by atoms with Crippen LogP contribution in [0.15, 0.2) is 24.5 Å². The number of hydrogen-bond donors (Lipinski definition) is 2. The number of aryl methyl sites for hydroxylation is 1. The van der Waals surface area contributed by atoms with E-state index in [0.717, 1.165) is 6.07 Å². The number of aromatic nitrogens is 2. The first-order chi connectivity index (χ1) is 9.58. The Labute approximate surface area is 114 Å². The molecule has 20 heavy (non-hydrogen) atoms. The largest absolute Gasteiger partial charge is 0.480 e. The number of hydrogen-bond acceptors (Lipinski definition) is 5. The molecular formula is C13H14F2N4O. The SMILES string of the molecule is COc1nccnc1C(NN)c1cc(C)c(F)cc1F. The Morgan fingerprint density at radius 1 is 1.20 bits per heavy atom. The maximum absolute atomic E-state index is 14.0. The second-order valence-electron chi connectivity index (χ2n) is 4.17. The first-order valence-electron chi connectivity index (χ1n) is 5.85. The molecule has 1 unspecified atom stereocenters. The average molecular weight is 280 g/mol. The fourth-order valence-electron chi connectivity index (χ4n) is 1.91. The number of nitrogens with two attached hydrogens (primary N) is 1. The van der Waals surface area contributed by atoms with Crippen LogP contribution >= 0.6 is 0 Å². The number of nitrogens with zero attached hydrogens (tertiary/aromatic N) is 2. The van der Waals surface area contributed by atoms with Gasteiger partial charge in [0.15, 0.2) is 0 Å². The van der Waals surface area contributed by atoms with Crippen molar-refractivity contribution in [1.82, 2.24) is 15.4 Å². The highest BCUT2D eigenvalue weighted by Crippen LogP contribution is 2.28. The highest BCUT2D eigenvalue weighted by molar-refractivity contribution is 5.36. The molecule has 1 aromatic heterocycles. The smallest absolute Gasteiger partial charge is 0.237 e. The minimum absolute atomic E-state index is 0.171. The van der Waals surface area contributed by atoms with Crippen LogP contribution in [0.2, 0.25) is 0 Å². The lowest BCUT2D eigenvalue weighted by Gasteiger charge is -2.18. The third-order valence-electron chi connectivity index (χ3n) is 2.91. The molecule has 0 radical (unpaired) electrons. The van der Waals surface area contributed by atoms with E-state index in [0.29, 0.717) is 11.3 Å². The van der Waals surface area contributed by atoms with E-state index in [1.807, 2.05) is 0 Å². The summed E-state index contributed by atoms with van der Waals surface area (Å²) in [6, 6.07) is 1.40. The van der Waals surface area contributed by atoms with Crippen molar-refractivity contribution in [3.05, 3.63) is 53.0 Å². The van der Waals surface area contributed by atoms with Gasteiger partial charge in [0.25, 0.3) is 0 Å². The molecule has 106 valence electrons. The van der Waals surface area contributed by atoms with Gasteiger partial charge in [0.05, 0.1) is 13.2 Å². The molecule has 0 aliphatic rings. The van der Waals surface area contributed by atoms with E-state index in [4.69, 9.17) is 10.6 Å². The zero-order valence-electron chi connectivity index (χ0n) is 11.0. The van der Waals surface area contributed by atoms with Gasteiger partial charge in [0.1, 0.15) is 17.3 Å². The molecule has 0 saturated carbocycles. The maximum atomic E-state index is 14.0. The standard InChI is InChI=1S/C13H14F2N4O/c1-7-5-8(10(15)6-9(7)14)11(19-16)12-13(20-2)18-4-3-17-12/h3-6,11,19H,16H2,1-2H3. The molecule has 0 fully saturated rings. The van der Waals surface area contributed by atoms with Crippen molar-refractivity contribution in [3.63, 3.8) is 0 Å². The molecule has 7 heteroatoms. The number of benzene rings is 1. The van der Waals surface area contributed by atoms with Crippen LogP contribution in [0.25, 0.3) is 0 Å². The topological polar surface area (TPSA) is 73.1 Å². The fraction of sp³-hybridized carbons (Fsp3) is 0.231. The summed E-state index contributed by atoms with van der Waals surface area (Å²) in [6.07, 6.45) is 2.89. The lowest BCUT2D eigenvalue weighted by atomic mass is 10.0. The molecule has 2 rings (SSSR count). The molecule has 0 bridgehead atoms. The van der Waals surface area contributed by atoms with Gasteiger partial charge in [0, 0.05) is 24.0 Å². The predicted molar refractivity (Wildman–Crippen MR) is 68.8 cm³/mol. The number of hydrazine groups is 1. The molecule has 0 amide bonds. The lowest BCUT2D eigenvalue weighted by Crippen LogP contribution is -2.31. The van der Waals surface area contributed by atoms with E-state index in [2.05, 4.69) is 15.4 Å². The molecule has 0 saturated heterocycles. The van der Waals surface area contributed by atoms with Gasteiger partial charge in [0.2, 0.25) is 5.88 Å². The molecule has 0 spiro atoms. The van der Waals surface area contributed by atoms with Crippen LogP contribution in [0.5, 0.6) is 5.88 Å². The van der Waals surface area contributed by atoms with Crippen LogP contribution in [0.4, 0.5) is 8.78 Å². The molecule has 5 nitrogen and oxygen atoms in total. The lowest BCUT2D eigenvalue weighted by molar-refractivity contribution is 0.381. The van der Waals surface area contributed by atoms with Crippen LogP contribution in [-0.4, -0.2) is 17.1 Å². The van der Waals surface area contributed by atoms with E-state index >= 15 is 0 Å². The molecule has 0 aliphatic heterocycles. The summed E-state index contributed by atoms with van der Waals surface area (Å²) in [4.78, 5) is 8.08. The fourth-order valence-corrected chi connectivity index (χ4v) is 1.91. The van der Waals surface area contributed by atoms with E-state index in [1.54, 1.807) is 6.92 Å². The van der Waals surface area contributed by atoms with Gasteiger partial charge in [-0.2, -0.15) is 0 Å². The second-order valence-corrected chi connectivity index (χ2v) is 4.17. The van der Waals surface area contributed by atoms with Crippen LogP contribution in [0.3, 0.4) is 0 Å². The third-order valence-corrected chi connectivity index (χ3v) is 2.91. The first-order valence-corrected chi connectivity index (χ1v) is 5.85. The minimum atomic E-state index is -0.794. The van der Waals surface area contributed by atoms with E-state index < -0.39 is 17.7 Å². The summed E-state index contributed by atoms with van der Waals surface area (Å²) in [5.41, 5.74) is 3.25. The maximum Gasteiger partial charge on any atom is 0.237 e. The van der Waals surface area contributed by atoms with Crippen LogP contribution in [0, 0.1) is 18.6 Å². The molecular weight excluding hydrogens is 266 g/mol. The summed E-state index contributed by atoms with van der Waals surface area (Å²) in [5.74, 6) is 4.37. The summed E-state index contributed by atoms with van der Waals surface area (Å²) in [5, 5.41) is 0. The highest BCUT2D eigenvalue weighted by Gasteiger charge is 2.23. The summed E-state index contributed by atoms with van der Waals surface area (Å²) >= 11 is 0. The monoisotopic (exact) mass is 280 g/mol. The van der Waals surface area contributed by atoms with Gasteiger partial charge in [-0.3, -0.25) is 10.8 Å². The van der Waals surface area contributed by atoms with Gasteiger partial charge in [-0.05, 0) is 18.6 Å². The van der Waals surface area contributed by atoms with Gasteiger partial charge >= 0.3 is 0 Å². The van der Waals surface area contributed by atoms with Gasteiger partial charge in [-0.15, -0.1) is 0 Å². The molecule has 1 atom stereocenters. The van der Waals surface area contributed by atoms with Crippen LogP contribution in [-0.2, 0) is 0 Å². The molecule has 2 aromatic rings. The molecule has 1 aromatic carbocycles. The Kier molecular flexibility index (Phi) is 4.21. The Bertz CT molecular complexity index is 621. The first kappa shape index (κ1) is 14.3. The van der Waals surface area contributed by atoms with Gasteiger partial charge < -0.3 is 4.74 Å². The summed E-state index contributed by atoms with van der Waals surface area (Å²) in [7, 11) is 1.42. The Hall–Kier alpha value is -2.12. The van der Waals surface area contributed by atoms with Gasteiger partial charge in [-0.1, -0.05) is 0 Å². The zero-order chi connectivity index (χ0) is 14.7. The quantitative estimate of drug-likeness (QED) is 0.657. The van der Waals surface area contributed by atoms with Crippen molar-refractivity contribution >= 4 is 0 Å². The highest BCUT2D eigenvalue weighted by atomic mass is 19.1. The minimum Gasteiger partial charge on any atom is -0.480 e. The van der Waals surface area contributed by atoms with E-state index in [-0.39, 0.29) is 11.4 Å². The van der Waals surface area contributed by atoms with Crippen LogP contribution < -0.4 is 16.0 Å². The van der Waals surface area contributed by atoms with Crippen molar-refractivity contribution in [2.45, 2.75) is 13.0 Å². The Balaban J connectivity index is 2.55. The zero-order valence-corrected chi connectivity index (χ0v) is 11.0. The Morgan fingerprint density at radius 2 is 1.90 bits per heavy atom. The van der Waals surface area contributed by atoms with Crippen molar-refractivity contribution in [2.24, 2.45) is 5.84 Å². The van der Waals surface area contributed by atoms with E-state index in [9.17, 15) is 8.78 Å². The van der Waals surface area contributed by atoms with Crippen molar-refractivity contribution < 1.29 is 13.5 Å². The average Bonchev–Trinajstić information content (AvgIpc) is 2.45. The summed E-state index contributed by atoms with van der Waals surface area (Å²) in [6.45, 7) is 1.54. The predicted octanol–water partition coefficient (Wildman–Crippen LogP) is 1.62. The third kappa shape index (κ3) is 2.59. The van der Waals surface area contributed by atoms with Crippen LogP contribution in [0.1, 0.15) is 22.9 Å². The van der Waals surface area contributed by atoms with E-state index in [1.165, 1.54) is 25.6 Å². The number of nitrogens with one attached hydrogen (secondary N) is 1. The second kappa shape index (κ2) is 5.89. The molecule has 1 heterocycles. The normalized spacial score (nSPS) is 12.2. The molecule has 3 N–H and O–H groups in total. The molecule has 0 aliphatic carbocycles. The summed E-state index contributed by atoms with van der Waals surface area (Å²) < 4.78 is 32.4. The van der Waals surface area contributed by atoms with Crippen molar-refractivity contribution in [1.29, 1.82) is 0 Å². The number of rotatable bonds is 4. The number of halogens is 2. The Morgan fingerprint density at radius 3 is 2.55 bits per heavy atom. The van der Waals surface area contributed by atoms with Gasteiger partial charge in [-0.25, -0.2) is 19.2 Å². The number of ether oxygens (including phenoxy) is 1.